The molecule has 4 rings (SSSR count). The Balaban J connectivity index is 1.57. The highest BCUT2D eigenvalue weighted by atomic mass is 32.2. The van der Waals surface area contributed by atoms with Gasteiger partial charge < -0.3 is 4.90 Å². The van der Waals surface area contributed by atoms with E-state index in [4.69, 9.17) is 0 Å². The van der Waals surface area contributed by atoms with Gasteiger partial charge in [0.25, 0.3) is 5.56 Å². The molecule has 0 atom stereocenters. The lowest BCUT2D eigenvalue weighted by atomic mass is 10.1. The molecular formula is C20H21N3O3S2. The van der Waals surface area contributed by atoms with Gasteiger partial charge in [0, 0.05) is 59.3 Å². The van der Waals surface area contributed by atoms with Crippen molar-refractivity contribution in [3.05, 3.63) is 51.9 Å². The van der Waals surface area contributed by atoms with Gasteiger partial charge in [-0.15, -0.1) is 11.3 Å². The number of hydrogen-bond donors (Lipinski definition) is 0. The second-order valence-corrected chi connectivity index (χ2v) is 9.47. The number of carbonyl (C=O) groups is 1. The van der Waals surface area contributed by atoms with Crippen LogP contribution in [0.25, 0.3) is 21.3 Å². The molecule has 3 aromatic rings. The molecule has 2 aromatic heterocycles. The first-order valence-corrected chi connectivity index (χ1v) is 11.6. The van der Waals surface area contributed by atoms with Crippen molar-refractivity contribution in [3.63, 3.8) is 0 Å². The molecule has 1 aromatic carbocycles. The summed E-state index contributed by atoms with van der Waals surface area (Å²) in [4.78, 5) is 32.3. The number of rotatable bonds is 4. The molecule has 1 saturated heterocycles. The fraction of sp³-hybridized carbons (Fsp3) is 0.350. The van der Waals surface area contributed by atoms with Gasteiger partial charge in [0.15, 0.2) is 0 Å². The molecule has 3 heterocycles. The molecule has 28 heavy (non-hydrogen) atoms. The van der Waals surface area contributed by atoms with Crippen molar-refractivity contribution in [2.75, 3.05) is 24.6 Å². The minimum atomic E-state index is -0.813. The maximum Gasteiger partial charge on any atom is 0.262 e. The highest BCUT2D eigenvalue weighted by Gasteiger charge is 2.20. The van der Waals surface area contributed by atoms with Crippen LogP contribution in [-0.4, -0.2) is 49.2 Å². The third-order valence-electron chi connectivity index (χ3n) is 5.02. The molecule has 6 nitrogen and oxygen atoms in total. The van der Waals surface area contributed by atoms with Crippen LogP contribution in [0.1, 0.15) is 12.0 Å². The van der Waals surface area contributed by atoms with Crippen LogP contribution >= 0.6 is 11.3 Å². The number of benzene rings is 1. The van der Waals surface area contributed by atoms with Crippen LogP contribution in [0.2, 0.25) is 0 Å². The standard InChI is InChI=1S/C20H21N3O3S2/c1-14-2-4-15(5-3-14)16-12-27-19-18(16)20(25)23(13-21-19)7-6-17(24)22-8-10-28(26)11-9-22/h2-5,12-13H,6-11H2,1H3. The second-order valence-electron chi connectivity index (χ2n) is 6.92. The molecule has 0 N–H and O–H groups in total. The summed E-state index contributed by atoms with van der Waals surface area (Å²) in [5.41, 5.74) is 2.93. The summed E-state index contributed by atoms with van der Waals surface area (Å²) in [5, 5.41) is 2.57. The number of amides is 1. The van der Waals surface area contributed by atoms with E-state index in [1.165, 1.54) is 27.8 Å². The Morgan fingerprint density at radius 2 is 1.93 bits per heavy atom. The van der Waals surface area contributed by atoms with Crippen molar-refractivity contribution in [1.82, 2.24) is 14.5 Å². The first-order chi connectivity index (χ1) is 13.5. The molecule has 0 radical (unpaired) electrons. The minimum Gasteiger partial charge on any atom is -0.341 e. The molecule has 1 amide bonds. The molecule has 0 bridgehead atoms. The fourth-order valence-corrected chi connectivity index (χ4v) is 5.29. The van der Waals surface area contributed by atoms with Crippen molar-refractivity contribution in [1.29, 1.82) is 0 Å². The molecule has 0 unspecified atom stereocenters. The van der Waals surface area contributed by atoms with Crippen molar-refractivity contribution >= 4 is 38.3 Å². The molecule has 0 saturated carbocycles. The Bertz CT molecular complexity index is 1090. The highest BCUT2D eigenvalue weighted by Crippen LogP contribution is 2.30. The van der Waals surface area contributed by atoms with Crippen molar-refractivity contribution in [3.8, 4) is 11.1 Å². The zero-order valence-electron chi connectivity index (χ0n) is 15.6. The van der Waals surface area contributed by atoms with E-state index in [1.54, 1.807) is 4.90 Å². The van der Waals surface area contributed by atoms with Gasteiger partial charge in [0.2, 0.25) is 5.91 Å². The number of thiophene rings is 1. The van der Waals surface area contributed by atoms with Crippen LogP contribution in [0.5, 0.6) is 0 Å². The van der Waals surface area contributed by atoms with E-state index in [1.807, 2.05) is 36.6 Å². The first-order valence-electron chi connectivity index (χ1n) is 9.19. The van der Waals surface area contributed by atoms with Crippen LogP contribution < -0.4 is 5.56 Å². The normalized spacial score (nSPS) is 15.2. The monoisotopic (exact) mass is 415 g/mol. The molecule has 0 spiro atoms. The predicted molar refractivity (Wildman–Crippen MR) is 113 cm³/mol. The highest BCUT2D eigenvalue weighted by molar-refractivity contribution is 7.85. The van der Waals surface area contributed by atoms with Crippen molar-refractivity contribution in [2.45, 2.75) is 19.9 Å². The smallest absolute Gasteiger partial charge is 0.262 e. The first kappa shape index (κ1) is 19.0. The average molecular weight is 416 g/mol. The van der Waals surface area contributed by atoms with E-state index in [0.29, 0.717) is 41.4 Å². The quantitative estimate of drug-likeness (QED) is 0.656. The molecule has 8 heteroatoms. The van der Waals surface area contributed by atoms with Crippen LogP contribution in [0.4, 0.5) is 0 Å². The summed E-state index contributed by atoms with van der Waals surface area (Å²) in [6.45, 7) is 3.38. The molecule has 1 fully saturated rings. The largest absolute Gasteiger partial charge is 0.341 e. The van der Waals surface area contributed by atoms with Gasteiger partial charge in [-0.1, -0.05) is 29.8 Å². The number of fused-ring (bicyclic) bond motifs is 1. The Labute approximate surface area is 169 Å². The number of aryl methyl sites for hydroxylation is 2. The number of carbonyl (C=O) groups excluding carboxylic acids is 1. The topological polar surface area (TPSA) is 72.3 Å². The van der Waals surface area contributed by atoms with Crippen LogP contribution in [0.3, 0.4) is 0 Å². The predicted octanol–water partition coefficient (Wildman–Crippen LogP) is 2.41. The van der Waals surface area contributed by atoms with Crippen molar-refractivity contribution < 1.29 is 9.00 Å². The summed E-state index contributed by atoms with van der Waals surface area (Å²) in [6, 6.07) is 8.07. The maximum absolute atomic E-state index is 13.0. The summed E-state index contributed by atoms with van der Waals surface area (Å²) in [5.74, 6) is 1.06. The number of aromatic nitrogens is 2. The Kier molecular flexibility index (Phi) is 5.41. The van der Waals surface area contributed by atoms with Crippen molar-refractivity contribution in [2.24, 2.45) is 0 Å². The third-order valence-corrected chi connectivity index (χ3v) is 7.18. The van der Waals surface area contributed by atoms with Crippen LogP contribution in [0, 0.1) is 6.92 Å². The molecule has 1 aliphatic rings. The Morgan fingerprint density at radius 1 is 1.21 bits per heavy atom. The summed E-state index contributed by atoms with van der Waals surface area (Å²) >= 11 is 1.45. The van der Waals surface area contributed by atoms with E-state index in [9.17, 15) is 13.8 Å². The van der Waals surface area contributed by atoms with Crippen LogP contribution in [-0.2, 0) is 22.1 Å². The van der Waals surface area contributed by atoms with E-state index in [-0.39, 0.29) is 17.9 Å². The van der Waals surface area contributed by atoms with Gasteiger partial charge in [-0.3, -0.25) is 18.4 Å². The molecule has 0 aliphatic carbocycles. The van der Waals surface area contributed by atoms with Gasteiger partial charge in [0.1, 0.15) is 4.83 Å². The van der Waals surface area contributed by atoms with Gasteiger partial charge in [0.05, 0.1) is 11.7 Å². The summed E-state index contributed by atoms with van der Waals surface area (Å²) < 4.78 is 13.0. The van der Waals surface area contributed by atoms with E-state index in [0.717, 1.165) is 11.1 Å². The lowest BCUT2D eigenvalue weighted by Crippen LogP contribution is -2.42. The molecule has 146 valence electrons. The van der Waals surface area contributed by atoms with Gasteiger partial charge in [-0.2, -0.15) is 0 Å². The van der Waals surface area contributed by atoms with Gasteiger partial charge in [-0.05, 0) is 12.5 Å². The van der Waals surface area contributed by atoms with Gasteiger partial charge in [-0.25, -0.2) is 4.98 Å². The fourth-order valence-electron chi connectivity index (χ4n) is 3.33. The zero-order chi connectivity index (χ0) is 19.7. The van der Waals surface area contributed by atoms with E-state index >= 15 is 0 Å². The van der Waals surface area contributed by atoms with E-state index in [2.05, 4.69) is 4.98 Å². The lowest BCUT2D eigenvalue weighted by Gasteiger charge is -2.26. The average Bonchev–Trinajstić information content (AvgIpc) is 3.13. The van der Waals surface area contributed by atoms with E-state index < -0.39 is 10.8 Å². The summed E-state index contributed by atoms with van der Waals surface area (Å²) in [6.07, 6.45) is 1.77. The number of nitrogens with zero attached hydrogens (tertiary/aromatic N) is 3. The Morgan fingerprint density at radius 3 is 2.64 bits per heavy atom. The van der Waals surface area contributed by atoms with Gasteiger partial charge >= 0.3 is 0 Å². The minimum absolute atomic E-state index is 0.00669. The van der Waals surface area contributed by atoms with Crippen LogP contribution in [0.15, 0.2) is 40.8 Å². The summed E-state index contributed by atoms with van der Waals surface area (Å²) in [7, 11) is -0.813. The molecular weight excluding hydrogens is 394 g/mol. The SMILES string of the molecule is Cc1ccc(-c2csc3ncn(CCC(=O)N4CCS(=O)CC4)c(=O)c23)cc1. The second kappa shape index (κ2) is 7.97. The molecule has 1 aliphatic heterocycles. The zero-order valence-corrected chi connectivity index (χ0v) is 17.2. The third kappa shape index (κ3) is 3.79. The number of hydrogen-bond acceptors (Lipinski definition) is 5. The maximum atomic E-state index is 13.0. The lowest BCUT2D eigenvalue weighted by molar-refractivity contribution is -0.131. The Hall–Kier alpha value is -2.32.